The Bertz CT molecular complexity index is 293. The smallest absolute Gasteiger partial charge is 0.106 e. The molecule has 1 fully saturated rings. The molecule has 0 bridgehead atoms. The van der Waals surface area contributed by atoms with Crippen LogP contribution in [-0.2, 0) is 0 Å². The highest BCUT2D eigenvalue weighted by Crippen LogP contribution is 2.29. The summed E-state index contributed by atoms with van der Waals surface area (Å²) in [7, 11) is 0. The Morgan fingerprint density at radius 1 is 1.40 bits per heavy atom. The van der Waals surface area contributed by atoms with Gasteiger partial charge in [0.2, 0.25) is 0 Å². The Balaban J connectivity index is 2.00. The summed E-state index contributed by atoms with van der Waals surface area (Å²) in [6, 6.07) is 0. The summed E-state index contributed by atoms with van der Waals surface area (Å²) >= 11 is 6.02. The van der Waals surface area contributed by atoms with Crippen LogP contribution in [0.4, 0.5) is 4.39 Å². The predicted molar refractivity (Wildman–Crippen MR) is 60.6 cm³/mol. The molecule has 1 heterocycles. The van der Waals surface area contributed by atoms with Gasteiger partial charge < -0.3 is 5.32 Å². The van der Waals surface area contributed by atoms with Gasteiger partial charge in [-0.1, -0.05) is 17.7 Å². The van der Waals surface area contributed by atoms with Crippen molar-refractivity contribution in [2.75, 3.05) is 32.7 Å². The number of hydrogen-bond acceptors (Lipinski definition) is 2. The van der Waals surface area contributed by atoms with Gasteiger partial charge in [-0.3, -0.25) is 4.90 Å². The zero-order chi connectivity index (χ0) is 10.7. The van der Waals surface area contributed by atoms with E-state index in [0.29, 0.717) is 23.6 Å². The lowest BCUT2D eigenvalue weighted by molar-refractivity contribution is 0.258. The molecule has 0 aromatic carbocycles. The Morgan fingerprint density at radius 3 is 2.80 bits per heavy atom. The van der Waals surface area contributed by atoms with Crippen molar-refractivity contribution < 1.29 is 4.39 Å². The van der Waals surface area contributed by atoms with Crippen molar-refractivity contribution in [1.29, 1.82) is 0 Å². The number of hydrogen-bond donors (Lipinski definition) is 1. The van der Waals surface area contributed by atoms with E-state index in [2.05, 4.69) is 10.2 Å². The molecule has 0 amide bonds. The first-order chi connectivity index (χ1) is 7.27. The first-order valence-corrected chi connectivity index (χ1v) is 5.82. The molecule has 2 nitrogen and oxygen atoms in total. The normalized spacial score (nSPS) is 24.3. The average molecular weight is 231 g/mol. The number of nitrogens with zero attached hydrogens (tertiary/aromatic N) is 1. The molecule has 15 heavy (non-hydrogen) atoms. The zero-order valence-corrected chi connectivity index (χ0v) is 9.49. The molecule has 0 radical (unpaired) electrons. The highest BCUT2D eigenvalue weighted by atomic mass is 35.5. The molecule has 1 N–H and O–H groups in total. The fourth-order valence-electron chi connectivity index (χ4n) is 1.98. The zero-order valence-electron chi connectivity index (χ0n) is 8.73. The summed E-state index contributed by atoms with van der Waals surface area (Å²) < 4.78 is 13.6. The molecule has 1 saturated heterocycles. The molecule has 1 aliphatic heterocycles. The minimum Gasteiger partial charge on any atom is -0.314 e. The van der Waals surface area contributed by atoms with Crippen LogP contribution in [0.15, 0.2) is 22.5 Å². The van der Waals surface area contributed by atoms with Crippen molar-refractivity contribution in [1.82, 2.24) is 10.2 Å². The third-order valence-electron chi connectivity index (χ3n) is 2.89. The molecule has 0 atom stereocenters. The summed E-state index contributed by atoms with van der Waals surface area (Å²) in [5.41, 5.74) is 0.699. The van der Waals surface area contributed by atoms with Crippen molar-refractivity contribution >= 4 is 11.6 Å². The lowest BCUT2D eigenvalue weighted by atomic mass is 10.0. The van der Waals surface area contributed by atoms with Gasteiger partial charge in [0.05, 0.1) is 0 Å². The third-order valence-corrected chi connectivity index (χ3v) is 3.28. The molecular weight excluding hydrogens is 215 g/mol. The van der Waals surface area contributed by atoms with Gasteiger partial charge in [-0.2, -0.15) is 0 Å². The van der Waals surface area contributed by atoms with Crippen molar-refractivity contribution in [3.05, 3.63) is 22.5 Å². The first kappa shape index (κ1) is 11.1. The van der Waals surface area contributed by atoms with Crippen LogP contribution in [0.5, 0.6) is 0 Å². The standard InChI is InChI=1S/C11H16ClFN2/c12-10-2-1-3-11(13)9(10)8-15-6-4-14-5-7-15/h2,14H,1,3-8H2. The van der Waals surface area contributed by atoms with Crippen LogP contribution in [0.1, 0.15) is 12.8 Å². The van der Waals surface area contributed by atoms with Crippen LogP contribution in [0.25, 0.3) is 0 Å². The second-order valence-electron chi connectivity index (χ2n) is 4.00. The van der Waals surface area contributed by atoms with Crippen molar-refractivity contribution in [3.63, 3.8) is 0 Å². The van der Waals surface area contributed by atoms with Gasteiger partial charge in [0, 0.05) is 49.7 Å². The molecule has 2 aliphatic rings. The summed E-state index contributed by atoms with van der Waals surface area (Å²) in [6.07, 6.45) is 3.16. The second kappa shape index (κ2) is 5.10. The summed E-state index contributed by atoms with van der Waals surface area (Å²) in [6.45, 7) is 4.57. The maximum absolute atomic E-state index is 13.6. The van der Waals surface area contributed by atoms with Gasteiger partial charge in [-0.15, -0.1) is 0 Å². The topological polar surface area (TPSA) is 15.3 Å². The number of nitrogens with one attached hydrogen (secondary N) is 1. The first-order valence-electron chi connectivity index (χ1n) is 5.44. The Morgan fingerprint density at radius 2 is 2.13 bits per heavy atom. The van der Waals surface area contributed by atoms with Gasteiger partial charge in [0.25, 0.3) is 0 Å². The number of allylic oxidation sites excluding steroid dienone is 2. The Kier molecular flexibility index (Phi) is 3.78. The fraction of sp³-hybridized carbons (Fsp3) is 0.636. The van der Waals surface area contributed by atoms with Crippen LogP contribution < -0.4 is 5.32 Å². The molecule has 0 unspecified atom stereocenters. The van der Waals surface area contributed by atoms with Crippen LogP contribution >= 0.6 is 11.6 Å². The van der Waals surface area contributed by atoms with E-state index in [1.54, 1.807) is 0 Å². The van der Waals surface area contributed by atoms with Crippen LogP contribution in [0, 0.1) is 0 Å². The van der Waals surface area contributed by atoms with Crippen LogP contribution in [0.2, 0.25) is 0 Å². The molecule has 4 heteroatoms. The fourth-order valence-corrected chi connectivity index (χ4v) is 2.25. The monoisotopic (exact) mass is 230 g/mol. The molecule has 0 aromatic heterocycles. The van der Waals surface area contributed by atoms with Crippen molar-refractivity contribution in [2.45, 2.75) is 12.8 Å². The Hall–Kier alpha value is -0.380. The average Bonchev–Trinajstić information content (AvgIpc) is 2.25. The summed E-state index contributed by atoms with van der Waals surface area (Å²) in [5.74, 6) is -0.0268. The van der Waals surface area contributed by atoms with Crippen LogP contribution in [-0.4, -0.2) is 37.6 Å². The van der Waals surface area contributed by atoms with E-state index >= 15 is 0 Å². The molecule has 84 valence electrons. The van der Waals surface area contributed by atoms with E-state index in [-0.39, 0.29) is 5.83 Å². The van der Waals surface area contributed by atoms with E-state index in [0.717, 1.165) is 32.6 Å². The van der Waals surface area contributed by atoms with Crippen molar-refractivity contribution in [2.24, 2.45) is 0 Å². The second-order valence-corrected chi connectivity index (χ2v) is 4.41. The summed E-state index contributed by atoms with van der Waals surface area (Å²) in [5, 5.41) is 3.88. The van der Waals surface area contributed by atoms with E-state index in [1.165, 1.54) is 0 Å². The maximum Gasteiger partial charge on any atom is 0.106 e. The predicted octanol–water partition coefficient (Wildman–Crippen LogP) is 2.03. The lowest BCUT2D eigenvalue weighted by Crippen LogP contribution is -2.44. The quantitative estimate of drug-likeness (QED) is 0.781. The number of rotatable bonds is 2. The van der Waals surface area contributed by atoms with Gasteiger partial charge in [0.15, 0.2) is 0 Å². The van der Waals surface area contributed by atoms with Crippen LogP contribution in [0.3, 0.4) is 0 Å². The SMILES string of the molecule is FC1=C(CN2CCNCC2)C(Cl)=CCC1. The highest BCUT2D eigenvalue weighted by molar-refractivity contribution is 6.32. The van der Waals surface area contributed by atoms with E-state index in [9.17, 15) is 4.39 Å². The van der Waals surface area contributed by atoms with Gasteiger partial charge in [-0.05, 0) is 6.42 Å². The molecule has 2 rings (SSSR count). The summed E-state index contributed by atoms with van der Waals surface area (Å²) in [4.78, 5) is 2.24. The van der Waals surface area contributed by atoms with E-state index < -0.39 is 0 Å². The largest absolute Gasteiger partial charge is 0.314 e. The van der Waals surface area contributed by atoms with Gasteiger partial charge in [0.1, 0.15) is 5.83 Å². The van der Waals surface area contributed by atoms with Gasteiger partial charge in [-0.25, -0.2) is 4.39 Å². The number of halogens is 2. The maximum atomic E-state index is 13.6. The third kappa shape index (κ3) is 2.80. The van der Waals surface area contributed by atoms with Crippen molar-refractivity contribution in [3.8, 4) is 0 Å². The minimum atomic E-state index is -0.0268. The highest BCUT2D eigenvalue weighted by Gasteiger charge is 2.18. The van der Waals surface area contributed by atoms with Gasteiger partial charge >= 0.3 is 0 Å². The minimum absolute atomic E-state index is 0.0268. The molecule has 1 aliphatic carbocycles. The molecule has 0 spiro atoms. The number of piperazine rings is 1. The Labute approximate surface area is 94.8 Å². The van der Waals surface area contributed by atoms with E-state index in [1.807, 2.05) is 6.08 Å². The molecular formula is C11H16ClFN2. The lowest BCUT2D eigenvalue weighted by Gasteiger charge is -2.28. The molecule has 0 aromatic rings. The molecule has 0 saturated carbocycles. The van der Waals surface area contributed by atoms with E-state index in [4.69, 9.17) is 11.6 Å².